The molecule has 30 heteroatoms. The van der Waals surface area contributed by atoms with Crippen LogP contribution in [0.2, 0.25) is 0 Å². The van der Waals surface area contributed by atoms with Gasteiger partial charge in [-0.2, -0.15) is 0 Å². The fourth-order valence-corrected chi connectivity index (χ4v) is 13.1. The average Bonchev–Trinajstić information content (AvgIpc) is 1.45. The van der Waals surface area contributed by atoms with E-state index in [1.54, 1.807) is 34.7 Å². The van der Waals surface area contributed by atoms with Crippen LogP contribution in [0, 0.1) is 11.8 Å². The number of carbonyl (C=O) groups is 7. The lowest BCUT2D eigenvalue weighted by atomic mass is 9.89. The normalized spacial score (nSPS) is 17.4. The molecule has 0 radical (unpaired) electrons. The number of aromatic carboxylic acids is 1. The van der Waals surface area contributed by atoms with Crippen LogP contribution in [0.5, 0.6) is 0 Å². The Bertz CT molecular complexity index is 4080. The van der Waals surface area contributed by atoms with Gasteiger partial charge in [-0.25, -0.2) is 17.8 Å². The summed E-state index contributed by atoms with van der Waals surface area (Å²) in [6.07, 6.45) is -2.52. The summed E-state index contributed by atoms with van der Waals surface area (Å²) in [6.45, 7) is 1.25. The molecule has 4 aliphatic rings. The number of fused-ring (bicyclic) bond motifs is 3. The molecule has 4 N–H and O–H groups in total. The number of carbonyl (C=O) groups excluding carboxylic acids is 7. The molecule has 0 saturated carbocycles. The van der Waals surface area contributed by atoms with Crippen molar-refractivity contribution in [3.63, 3.8) is 0 Å². The van der Waals surface area contributed by atoms with Gasteiger partial charge in [0.1, 0.15) is 50.1 Å². The standard InChI is InChI=1S/C59H65N6O21P3/c1-6-63(55(71)24-20-41(66)13-8-7-12-37-33-65(56(72)29-49(37)68)57-30-50(69)53(84-57)35-82-88(78,79)86-89(80,81)85-87(75,76)77)31-38-32-64(47-15-10-9-14-42(38)47)34-54(70)60-25-11-16-48(67)36-17-21-43(46(26-36)59(73)74)58-44-22-18-39(61(2)3)27-51(44)83-52-28-40(62(4)5)19-23-45(52)58/h9-10,14-15,17-19,21-23,26-28,32-33,50,53,57,69H,6,8,11,13,16,20,24-25,29-31,34-35H2,1-5H3,(H5-,60,70,73,74,75,76,77,78,79,80,81)/p-2. The Morgan fingerprint density at radius 2 is 1.63 bits per heavy atom. The molecule has 4 heterocycles. The van der Waals surface area contributed by atoms with Crippen molar-refractivity contribution in [1.82, 2.24) is 24.3 Å². The van der Waals surface area contributed by atoms with E-state index in [1.807, 2.05) is 98.3 Å². The number of rotatable bonds is 26. The molecule has 4 aromatic rings. The third-order valence-corrected chi connectivity index (χ3v) is 18.3. The van der Waals surface area contributed by atoms with Gasteiger partial charge in [0.25, 0.3) is 15.6 Å². The van der Waals surface area contributed by atoms with Gasteiger partial charge in [0.2, 0.25) is 23.1 Å². The summed E-state index contributed by atoms with van der Waals surface area (Å²) in [5, 5.41) is 28.5. The van der Waals surface area contributed by atoms with Gasteiger partial charge >= 0.3 is 7.82 Å². The van der Waals surface area contributed by atoms with Crippen molar-refractivity contribution in [3.8, 4) is 34.3 Å². The van der Waals surface area contributed by atoms with Crippen LogP contribution in [0.15, 0.2) is 101 Å². The highest BCUT2D eigenvalue weighted by Gasteiger charge is 2.42. The van der Waals surface area contributed by atoms with Crippen LogP contribution >= 0.6 is 23.5 Å². The van der Waals surface area contributed by atoms with E-state index < -0.39 is 72.6 Å². The summed E-state index contributed by atoms with van der Waals surface area (Å²) in [7, 11) is -10.1. The minimum atomic E-state index is -6.12. The molecule has 8 rings (SSSR count). The molecule has 3 aromatic carbocycles. The molecule has 3 amide bonds. The third kappa shape index (κ3) is 17.1. The number of ketones is 3. The van der Waals surface area contributed by atoms with Crippen molar-refractivity contribution in [3.05, 3.63) is 119 Å². The Labute approximate surface area is 509 Å². The monoisotopic (exact) mass is 1280 g/mol. The average molecular weight is 1290 g/mol. The number of benzene rings is 4. The number of ether oxygens (including phenoxy) is 1. The first-order valence-electron chi connectivity index (χ1n) is 27.8. The first-order valence-corrected chi connectivity index (χ1v) is 32.3. The lowest BCUT2D eigenvalue weighted by molar-refractivity contribution is -0.255. The van der Waals surface area contributed by atoms with Crippen LogP contribution in [-0.4, -0.2) is 137 Å². The number of anilines is 1. The van der Waals surface area contributed by atoms with Crippen molar-refractivity contribution in [1.29, 1.82) is 0 Å². The summed E-state index contributed by atoms with van der Waals surface area (Å²) in [4.78, 5) is 137. The Morgan fingerprint density at radius 1 is 0.888 bits per heavy atom. The van der Waals surface area contributed by atoms with Crippen LogP contribution in [0.4, 0.5) is 5.69 Å². The van der Waals surface area contributed by atoms with Crippen LogP contribution in [0.3, 0.4) is 0 Å². The van der Waals surface area contributed by atoms with Gasteiger partial charge in [0, 0.05) is 141 Å². The van der Waals surface area contributed by atoms with Crippen molar-refractivity contribution in [2.75, 3.05) is 52.8 Å². The molecule has 27 nitrogen and oxygen atoms in total. The number of aromatic nitrogens is 1. The molecule has 5 atom stereocenters. The Kier molecular flexibility index (Phi) is 21.4. The van der Waals surface area contributed by atoms with Crippen molar-refractivity contribution in [2.45, 2.75) is 89.8 Å². The summed E-state index contributed by atoms with van der Waals surface area (Å²) < 4.78 is 61.3. The summed E-state index contributed by atoms with van der Waals surface area (Å²) in [5.41, 5.74) is 4.41. The Hall–Kier alpha value is -7.79. The molecule has 1 aromatic heterocycles. The quantitative estimate of drug-likeness (QED) is 0.0115. The summed E-state index contributed by atoms with van der Waals surface area (Å²) >= 11 is 0. The molecule has 1 saturated heterocycles. The number of nitrogens with one attached hydrogen (secondary N) is 1. The van der Waals surface area contributed by atoms with Crippen molar-refractivity contribution in [2.24, 2.45) is 0 Å². The predicted molar refractivity (Wildman–Crippen MR) is 314 cm³/mol. The van der Waals surface area contributed by atoms with E-state index in [4.69, 9.17) is 18.9 Å². The zero-order valence-corrected chi connectivity index (χ0v) is 51.5. The number of para-hydroxylation sites is 1. The second-order valence-electron chi connectivity index (χ2n) is 21.3. The van der Waals surface area contributed by atoms with Crippen LogP contribution in [-0.2, 0) is 68.6 Å². The fourth-order valence-electron chi connectivity index (χ4n) is 10.1. The molecule has 89 heavy (non-hydrogen) atoms. The van der Waals surface area contributed by atoms with Gasteiger partial charge in [0.05, 0.1) is 36.7 Å². The number of amides is 3. The SMILES string of the molecule is CCN(Cc1cn(CC(=O)NCCCC(=O)c2ccc(-c3c4ccc(=[N+](C)C)cc-4oc4cc(N(C)C)ccc34)c(C(=O)[O-])c2)c2ccccc12)C(=O)CCC(=O)CCC#CC1=CN(C2CC(O)C(COP(=O)([O-])OP(=O)([O-])OP(=O)(O)O)O2)C(=O)CC1=O. The first kappa shape index (κ1) is 67.1. The van der Waals surface area contributed by atoms with Crippen molar-refractivity contribution >= 4 is 92.1 Å². The highest BCUT2D eigenvalue weighted by molar-refractivity contribution is 7.65. The van der Waals surface area contributed by atoms with E-state index in [0.717, 1.165) is 38.6 Å². The van der Waals surface area contributed by atoms with Crippen LogP contribution in [0.25, 0.3) is 44.3 Å². The highest BCUT2D eigenvalue weighted by Crippen LogP contribution is 2.62. The van der Waals surface area contributed by atoms with Gasteiger partial charge in [-0.1, -0.05) is 42.2 Å². The maximum atomic E-state index is 13.6. The number of Topliss-reactive ketones (excluding diaryl/α,β-unsaturated/α-hetero) is 3. The Balaban J connectivity index is 0.811. The maximum Gasteiger partial charge on any atom is 0.476 e. The number of aliphatic hydroxyl groups is 1. The molecule has 472 valence electrons. The fraction of sp³-hybridized carbons (Fsp3) is 0.356. The van der Waals surface area contributed by atoms with E-state index in [0.29, 0.717) is 40.0 Å². The lowest BCUT2D eigenvalue weighted by Crippen LogP contribution is -2.41. The number of hydrogen-bond acceptors (Lipinski definition) is 20. The van der Waals surface area contributed by atoms with E-state index in [9.17, 15) is 67.3 Å². The van der Waals surface area contributed by atoms with Crippen LogP contribution in [0.1, 0.15) is 84.6 Å². The smallest absolute Gasteiger partial charge is 0.476 e. The third-order valence-electron chi connectivity index (χ3n) is 14.6. The van der Waals surface area contributed by atoms with Gasteiger partial charge < -0.3 is 67.9 Å². The van der Waals surface area contributed by atoms with Gasteiger partial charge in [0.15, 0.2) is 11.6 Å². The minimum Gasteiger partial charge on any atom is -0.756 e. The van der Waals surface area contributed by atoms with E-state index >= 15 is 0 Å². The second-order valence-corrected chi connectivity index (χ2v) is 25.7. The van der Waals surface area contributed by atoms with Gasteiger partial charge in [-0.05, 0) is 54.8 Å². The summed E-state index contributed by atoms with van der Waals surface area (Å²) in [6, 6.07) is 23.3. The molecule has 1 fully saturated rings. The predicted octanol–water partition coefficient (Wildman–Crippen LogP) is 3.12. The Morgan fingerprint density at radius 3 is 2.34 bits per heavy atom. The number of hydrogen-bond donors (Lipinski definition) is 4. The zero-order chi connectivity index (χ0) is 64.7. The molecular weight excluding hydrogens is 1220 g/mol. The summed E-state index contributed by atoms with van der Waals surface area (Å²) in [5.74, 6) is 1.72. The first-order chi connectivity index (χ1) is 42.0. The lowest BCUT2D eigenvalue weighted by Gasteiger charge is -2.31. The largest absolute Gasteiger partial charge is 0.756 e. The number of aliphatic hydroxyl groups excluding tert-OH is 1. The molecule has 0 spiro atoms. The topological polar surface area (TPSA) is 380 Å². The minimum absolute atomic E-state index is 0.00715. The van der Waals surface area contributed by atoms with E-state index in [1.165, 1.54) is 6.07 Å². The van der Waals surface area contributed by atoms with E-state index in [2.05, 4.69) is 30.3 Å². The van der Waals surface area contributed by atoms with Crippen molar-refractivity contribution < 1.29 is 99.3 Å². The molecule has 5 unspecified atom stereocenters. The van der Waals surface area contributed by atoms with Gasteiger partial charge in [-0.3, -0.25) is 42.8 Å². The number of allylic oxidation sites excluding steroid dienone is 1. The number of carboxylic acids is 1. The number of phosphoric acid groups is 3. The number of phosphoric ester groups is 1. The van der Waals surface area contributed by atoms with Gasteiger partial charge in [-0.15, -0.1) is 0 Å². The molecule has 0 bridgehead atoms. The molecule has 3 aliphatic heterocycles. The maximum absolute atomic E-state index is 13.6. The molecular formula is C59H63N6O21P3-2. The highest BCUT2D eigenvalue weighted by atomic mass is 31.3. The van der Waals surface area contributed by atoms with Crippen LogP contribution < -0.4 is 35.0 Å². The second kappa shape index (κ2) is 28.4. The molecule has 1 aliphatic carbocycles. The number of nitrogens with zero attached hydrogens (tertiary/aromatic N) is 5. The zero-order valence-electron chi connectivity index (χ0n) is 48.9. The number of carboxylic acid groups (broad SMARTS) is 1. The van der Waals surface area contributed by atoms with E-state index in [-0.39, 0.29) is 105 Å².